The van der Waals surface area contributed by atoms with Crippen molar-refractivity contribution >= 4 is 17.3 Å². The van der Waals surface area contributed by atoms with Crippen LogP contribution in [0.1, 0.15) is 5.56 Å². The lowest BCUT2D eigenvalue weighted by Crippen LogP contribution is -2.21. The molecule has 1 heterocycles. The minimum Gasteiger partial charge on any atom is -0.495 e. The van der Waals surface area contributed by atoms with E-state index in [0.29, 0.717) is 17.1 Å². The van der Waals surface area contributed by atoms with Gasteiger partial charge in [0.2, 0.25) is 0 Å². The summed E-state index contributed by atoms with van der Waals surface area (Å²) in [6, 6.07) is 11.0. The van der Waals surface area contributed by atoms with E-state index in [9.17, 15) is 0 Å². The third kappa shape index (κ3) is 2.49. The summed E-state index contributed by atoms with van der Waals surface area (Å²) in [5, 5.41) is 11.9. The molecule has 0 amide bonds. The van der Waals surface area contributed by atoms with Gasteiger partial charge < -0.3 is 20.6 Å². The number of nitrogens with zero attached hydrogens (tertiary/aromatic N) is 3. The van der Waals surface area contributed by atoms with Crippen molar-refractivity contribution in [3.8, 4) is 5.75 Å². The lowest BCUT2D eigenvalue weighted by atomic mass is 10.2. The largest absolute Gasteiger partial charge is 0.495 e. The Morgan fingerprint density at radius 3 is 2.75 bits per heavy atom. The molecule has 0 saturated carbocycles. The van der Waals surface area contributed by atoms with Gasteiger partial charge in [0.25, 0.3) is 0 Å². The summed E-state index contributed by atoms with van der Waals surface area (Å²) in [4.78, 5) is 6.12. The maximum atomic E-state index is 8.86. The average Bonchev–Trinajstić information content (AvgIpc) is 2.53. The highest BCUT2D eigenvalue weighted by atomic mass is 16.5. The van der Waals surface area contributed by atoms with Crippen molar-refractivity contribution < 1.29 is 9.94 Å². The predicted octanol–water partition coefficient (Wildman–Crippen LogP) is 1.95. The van der Waals surface area contributed by atoms with Crippen LogP contribution in [-0.2, 0) is 0 Å². The SMILES string of the molecule is COc1ccccc1N(C)c1ncccc1C(N)=NO. The molecule has 0 aliphatic rings. The van der Waals surface area contributed by atoms with Gasteiger partial charge in [-0.2, -0.15) is 0 Å². The molecule has 20 heavy (non-hydrogen) atoms. The van der Waals surface area contributed by atoms with Gasteiger partial charge in [-0.15, -0.1) is 0 Å². The van der Waals surface area contributed by atoms with Gasteiger partial charge in [-0.05, 0) is 24.3 Å². The standard InChI is InChI=1S/C14H16N4O2/c1-18(11-7-3-4-8-12(11)20-2)14-10(13(15)17-19)6-5-9-16-14/h3-9,19H,1-2H3,(H2,15,17). The summed E-state index contributed by atoms with van der Waals surface area (Å²) in [6.07, 6.45) is 1.65. The number of hydrogen-bond donors (Lipinski definition) is 2. The first-order valence-corrected chi connectivity index (χ1v) is 5.98. The van der Waals surface area contributed by atoms with Crippen LogP contribution in [0, 0.1) is 0 Å². The highest BCUT2D eigenvalue weighted by Crippen LogP contribution is 2.32. The van der Waals surface area contributed by atoms with Crippen molar-refractivity contribution in [1.29, 1.82) is 0 Å². The number of nitrogens with two attached hydrogens (primary N) is 1. The summed E-state index contributed by atoms with van der Waals surface area (Å²) in [5.41, 5.74) is 7.06. The fraction of sp³-hybridized carbons (Fsp3) is 0.143. The maximum absolute atomic E-state index is 8.86. The molecule has 0 unspecified atom stereocenters. The molecule has 0 fully saturated rings. The van der Waals surface area contributed by atoms with Crippen molar-refractivity contribution in [3.05, 3.63) is 48.2 Å². The van der Waals surface area contributed by atoms with E-state index >= 15 is 0 Å². The Labute approximate surface area is 117 Å². The third-order valence-corrected chi connectivity index (χ3v) is 2.93. The second-order valence-corrected chi connectivity index (χ2v) is 4.09. The number of oxime groups is 1. The van der Waals surface area contributed by atoms with Gasteiger partial charge >= 0.3 is 0 Å². The van der Waals surface area contributed by atoms with E-state index in [1.54, 1.807) is 25.4 Å². The average molecular weight is 272 g/mol. The van der Waals surface area contributed by atoms with E-state index in [1.165, 1.54) is 0 Å². The highest BCUT2D eigenvalue weighted by Gasteiger charge is 2.16. The number of pyridine rings is 1. The van der Waals surface area contributed by atoms with Gasteiger partial charge in [-0.1, -0.05) is 17.3 Å². The summed E-state index contributed by atoms with van der Waals surface area (Å²) in [6.45, 7) is 0. The van der Waals surface area contributed by atoms with Gasteiger partial charge in [0, 0.05) is 13.2 Å². The molecule has 6 nitrogen and oxygen atoms in total. The molecular weight excluding hydrogens is 256 g/mol. The van der Waals surface area contributed by atoms with Gasteiger partial charge in [-0.3, -0.25) is 0 Å². The van der Waals surface area contributed by atoms with E-state index in [4.69, 9.17) is 15.7 Å². The first kappa shape index (κ1) is 13.7. The molecule has 0 radical (unpaired) electrons. The fourth-order valence-corrected chi connectivity index (χ4v) is 1.94. The molecule has 1 aromatic carbocycles. The van der Waals surface area contributed by atoms with E-state index in [-0.39, 0.29) is 5.84 Å². The van der Waals surface area contributed by atoms with Crippen LogP contribution in [0.2, 0.25) is 0 Å². The minimum absolute atomic E-state index is 0.00912. The van der Waals surface area contributed by atoms with Crippen LogP contribution in [0.25, 0.3) is 0 Å². The third-order valence-electron chi connectivity index (χ3n) is 2.93. The van der Waals surface area contributed by atoms with Crippen LogP contribution in [0.3, 0.4) is 0 Å². The van der Waals surface area contributed by atoms with E-state index < -0.39 is 0 Å². The number of rotatable bonds is 4. The van der Waals surface area contributed by atoms with E-state index in [0.717, 1.165) is 5.69 Å². The van der Waals surface area contributed by atoms with Crippen molar-refractivity contribution in [1.82, 2.24) is 4.98 Å². The lowest BCUT2D eigenvalue weighted by Gasteiger charge is -2.22. The van der Waals surface area contributed by atoms with Crippen LogP contribution in [0.4, 0.5) is 11.5 Å². The number of methoxy groups -OCH3 is 1. The molecule has 104 valence electrons. The number of amidine groups is 1. The molecule has 0 aliphatic carbocycles. The first-order chi connectivity index (χ1) is 9.69. The fourth-order valence-electron chi connectivity index (χ4n) is 1.94. The molecule has 6 heteroatoms. The Bertz CT molecular complexity index is 628. The van der Waals surface area contributed by atoms with Gasteiger partial charge in [-0.25, -0.2) is 4.98 Å². The second-order valence-electron chi connectivity index (χ2n) is 4.09. The summed E-state index contributed by atoms with van der Waals surface area (Å²) in [7, 11) is 3.45. The summed E-state index contributed by atoms with van der Waals surface area (Å²) in [5.74, 6) is 1.30. The Hall–Kier alpha value is -2.76. The lowest BCUT2D eigenvalue weighted by molar-refractivity contribution is 0.318. The number of para-hydroxylation sites is 2. The normalized spacial score (nSPS) is 11.2. The molecule has 0 spiro atoms. The number of hydrogen-bond acceptors (Lipinski definition) is 5. The summed E-state index contributed by atoms with van der Waals surface area (Å²) < 4.78 is 5.33. The van der Waals surface area contributed by atoms with E-state index in [2.05, 4.69) is 10.1 Å². The Morgan fingerprint density at radius 1 is 1.30 bits per heavy atom. The molecule has 0 atom stereocenters. The topological polar surface area (TPSA) is 84.0 Å². The predicted molar refractivity (Wildman–Crippen MR) is 77.8 cm³/mol. The molecule has 0 saturated heterocycles. The van der Waals surface area contributed by atoms with Crippen LogP contribution < -0.4 is 15.4 Å². The van der Waals surface area contributed by atoms with Gasteiger partial charge in [0.1, 0.15) is 11.6 Å². The first-order valence-electron chi connectivity index (χ1n) is 5.98. The van der Waals surface area contributed by atoms with Crippen molar-refractivity contribution in [2.75, 3.05) is 19.1 Å². The monoisotopic (exact) mass is 272 g/mol. The number of benzene rings is 1. The quantitative estimate of drug-likeness (QED) is 0.384. The van der Waals surface area contributed by atoms with E-state index in [1.807, 2.05) is 36.2 Å². The Balaban J connectivity index is 2.51. The van der Waals surface area contributed by atoms with Crippen LogP contribution in [-0.4, -0.2) is 30.2 Å². The van der Waals surface area contributed by atoms with Crippen LogP contribution >= 0.6 is 0 Å². The molecule has 3 N–H and O–H groups in total. The molecule has 0 bridgehead atoms. The van der Waals surface area contributed by atoms with Gasteiger partial charge in [0.05, 0.1) is 18.4 Å². The zero-order valence-electron chi connectivity index (χ0n) is 11.3. The van der Waals surface area contributed by atoms with Crippen molar-refractivity contribution in [3.63, 3.8) is 0 Å². The Morgan fingerprint density at radius 2 is 2.05 bits per heavy atom. The Kier molecular flexibility index (Phi) is 4.05. The molecule has 2 aromatic rings. The molecule has 0 aliphatic heterocycles. The number of anilines is 2. The molecule has 1 aromatic heterocycles. The number of ether oxygens (including phenoxy) is 1. The minimum atomic E-state index is 0.00912. The van der Waals surface area contributed by atoms with Crippen LogP contribution in [0.15, 0.2) is 47.8 Å². The summed E-state index contributed by atoms with van der Waals surface area (Å²) >= 11 is 0. The van der Waals surface area contributed by atoms with Crippen molar-refractivity contribution in [2.45, 2.75) is 0 Å². The van der Waals surface area contributed by atoms with Crippen LogP contribution in [0.5, 0.6) is 5.75 Å². The number of aromatic nitrogens is 1. The smallest absolute Gasteiger partial charge is 0.173 e. The molecular formula is C14H16N4O2. The van der Waals surface area contributed by atoms with Gasteiger partial charge in [0.15, 0.2) is 5.84 Å². The molecule has 2 rings (SSSR count). The second kappa shape index (κ2) is 5.92. The maximum Gasteiger partial charge on any atom is 0.173 e. The highest BCUT2D eigenvalue weighted by molar-refractivity contribution is 6.02. The van der Waals surface area contributed by atoms with Crippen molar-refractivity contribution in [2.24, 2.45) is 10.9 Å². The zero-order chi connectivity index (χ0) is 14.5. The zero-order valence-corrected chi connectivity index (χ0v) is 11.3.